The van der Waals surface area contributed by atoms with Gasteiger partial charge in [-0.05, 0) is 110 Å². The Labute approximate surface area is 351 Å². The molecule has 0 bridgehead atoms. The first-order valence-electron chi connectivity index (χ1n) is 19.8. The van der Waals surface area contributed by atoms with E-state index in [-0.39, 0.29) is 63.2 Å². The number of unbranched alkanes of at least 4 members (excludes halogenated alkanes) is 2. The summed E-state index contributed by atoms with van der Waals surface area (Å²) in [6.07, 6.45) is 7.82. The van der Waals surface area contributed by atoms with E-state index in [0.717, 1.165) is 92.3 Å². The van der Waals surface area contributed by atoms with Crippen LogP contribution < -0.4 is 26.1 Å². The molecule has 1 aliphatic heterocycles. The summed E-state index contributed by atoms with van der Waals surface area (Å²) in [4.78, 5) is 63.3. The summed E-state index contributed by atoms with van der Waals surface area (Å²) in [5, 5.41) is 27.6. The number of hydrogen-bond acceptors (Lipinski definition) is 10. The fourth-order valence-electron chi connectivity index (χ4n) is 8.16. The fourth-order valence-corrected chi connectivity index (χ4v) is 9.01. The zero-order chi connectivity index (χ0) is 43.9. The Balaban J connectivity index is 0.835. The van der Waals surface area contributed by atoms with Crippen LogP contribution in [0.15, 0.2) is 79.6 Å². The van der Waals surface area contributed by atoms with Gasteiger partial charge >= 0.3 is 12.0 Å². The smallest absolute Gasteiger partial charge is 0.336 e. The van der Waals surface area contributed by atoms with E-state index in [9.17, 15) is 51.4 Å². The van der Waals surface area contributed by atoms with Crippen molar-refractivity contribution in [3.8, 4) is 28.2 Å². The second-order valence-electron chi connectivity index (χ2n) is 15.1. The minimum atomic E-state index is -4.44. The number of sulfonamides is 1. The first-order valence-corrected chi connectivity index (χ1v) is 21.3. The van der Waals surface area contributed by atoms with Crippen LogP contribution in [0.4, 0.5) is 19.3 Å². The van der Waals surface area contributed by atoms with Crippen molar-refractivity contribution in [1.29, 1.82) is 0 Å². The normalized spacial score (nSPS) is 13.2. The second kappa shape index (κ2) is 16.8. The number of aryl methyl sites for hydroxylation is 2. The van der Waals surface area contributed by atoms with Crippen LogP contribution in [0.3, 0.4) is 0 Å². The van der Waals surface area contributed by atoms with Crippen LogP contribution in [0.5, 0.6) is 5.75 Å². The molecule has 0 radical (unpaired) electrons. The van der Waals surface area contributed by atoms with Crippen LogP contribution in [-0.4, -0.2) is 55.5 Å². The molecule has 3 aliphatic carbocycles. The molecule has 4 aliphatic rings. The Morgan fingerprint density at radius 2 is 1.44 bits per heavy atom. The third-order valence-corrected chi connectivity index (χ3v) is 12.3. The van der Waals surface area contributed by atoms with E-state index in [1.54, 1.807) is 0 Å². The van der Waals surface area contributed by atoms with Crippen LogP contribution in [0.2, 0.25) is 0 Å². The van der Waals surface area contributed by atoms with Gasteiger partial charge < -0.3 is 35.0 Å². The van der Waals surface area contributed by atoms with E-state index >= 15 is 0 Å². The maximum absolute atomic E-state index is 14.6. The van der Waals surface area contributed by atoms with E-state index in [2.05, 4.69) is 22.0 Å². The van der Waals surface area contributed by atoms with Crippen LogP contribution in [-0.2, 0) is 35.7 Å². The second-order valence-corrected chi connectivity index (χ2v) is 16.8. The van der Waals surface area contributed by atoms with Gasteiger partial charge in [-0.25, -0.2) is 23.1 Å². The minimum absolute atomic E-state index is 0.00120. The number of fused-ring (bicyclic) bond motifs is 4. The van der Waals surface area contributed by atoms with Gasteiger partial charge in [0.1, 0.15) is 17.6 Å². The highest BCUT2D eigenvalue weighted by Crippen LogP contribution is 2.43. The molecule has 4 aromatic rings. The number of urea groups is 1. The third kappa shape index (κ3) is 8.20. The number of carbonyl (C=O) groups excluding carboxylic acids is 3. The lowest BCUT2D eigenvalue weighted by Crippen LogP contribution is -2.34. The average molecular weight is 869 g/mol. The maximum Gasteiger partial charge on any atom is 0.336 e. The molecule has 0 unspecified atom stereocenters. The van der Waals surface area contributed by atoms with Gasteiger partial charge in [-0.3, -0.25) is 14.4 Å². The number of carbonyl (C=O) groups is 4. The van der Waals surface area contributed by atoms with Gasteiger partial charge in [-0.15, -0.1) is 0 Å². The average Bonchev–Trinajstić information content (AvgIpc) is 4.03. The van der Waals surface area contributed by atoms with Crippen LogP contribution in [0.25, 0.3) is 33.4 Å². The van der Waals surface area contributed by atoms with Crippen molar-refractivity contribution in [2.45, 2.75) is 62.9 Å². The van der Waals surface area contributed by atoms with Crippen molar-refractivity contribution < 1.29 is 55.4 Å². The molecule has 0 spiro atoms. The topological polar surface area (TPSA) is 234 Å². The third-order valence-electron chi connectivity index (χ3n) is 11.1. The van der Waals surface area contributed by atoms with Gasteiger partial charge in [-0.1, -0.05) is 12.1 Å². The molecule has 62 heavy (non-hydrogen) atoms. The predicted octanol–water partition coefficient (Wildman–Crippen LogP) is 6.66. The first kappa shape index (κ1) is 41.6. The van der Waals surface area contributed by atoms with Crippen molar-refractivity contribution in [1.82, 2.24) is 15.4 Å². The van der Waals surface area contributed by atoms with Crippen molar-refractivity contribution in [3.05, 3.63) is 122 Å². The van der Waals surface area contributed by atoms with E-state index < -0.39 is 61.7 Å². The van der Waals surface area contributed by atoms with E-state index in [4.69, 9.17) is 8.83 Å². The molecule has 0 saturated carbocycles. The Kier molecular flexibility index (Phi) is 11.3. The van der Waals surface area contributed by atoms with Gasteiger partial charge in [0.25, 0.3) is 21.8 Å². The zero-order valence-corrected chi connectivity index (χ0v) is 33.6. The Hall–Kier alpha value is -7.08. The lowest BCUT2D eigenvalue weighted by Gasteiger charge is -2.17. The van der Waals surface area contributed by atoms with Gasteiger partial charge in [0.05, 0.1) is 11.1 Å². The summed E-state index contributed by atoms with van der Waals surface area (Å²) in [5.74, 6) is -5.80. The molecule has 320 valence electrons. The lowest BCUT2D eigenvalue weighted by atomic mass is 9.89. The predicted molar refractivity (Wildman–Crippen MR) is 220 cm³/mol. The number of carboxylic acid groups (broad SMARTS) is 1. The number of phenolic OH excluding ortho intramolecular Hbond substituents is 1. The monoisotopic (exact) mass is 868 g/mol. The van der Waals surface area contributed by atoms with Crippen molar-refractivity contribution >= 4 is 50.5 Å². The minimum Gasteiger partial charge on any atom is -0.505 e. The summed E-state index contributed by atoms with van der Waals surface area (Å²) >= 11 is 0. The molecule has 8 rings (SSSR count). The highest BCUT2D eigenvalue weighted by Gasteiger charge is 2.29. The summed E-state index contributed by atoms with van der Waals surface area (Å²) in [6.45, 7) is 0.389. The number of benzene rings is 4. The molecule has 3 aromatic carbocycles. The van der Waals surface area contributed by atoms with Crippen LogP contribution >= 0.6 is 0 Å². The van der Waals surface area contributed by atoms with Crippen LogP contribution in [0.1, 0.15) is 85.4 Å². The number of anilines is 1. The number of furan rings is 1. The number of hydrogen-bond donors (Lipinski definition) is 6. The molecule has 0 atom stereocenters. The number of aromatic hydroxyl groups is 1. The number of carboxylic acids is 1. The summed E-state index contributed by atoms with van der Waals surface area (Å²) in [7, 11) is -4.44. The number of phenols is 1. The van der Waals surface area contributed by atoms with Gasteiger partial charge in [0.2, 0.25) is 10.5 Å². The standard InChI is InChI=1S/C44H38F2N4O11S/c45-32-17-30-36(19-34(32)51)61-37-20-35(52)33(46)18-31(37)39(30)28-11-10-24(15-29(28)43(55)56)41(53)47-12-2-1-3-13-48-42(54)25-16-38(60-21-25)62(58,59)50-44(57)49-40-26-8-4-6-22(26)14-23-7-5-9-27(23)40/h10-11,14-21,51H,1-9,12-13H2,(H,47,53)(H,48,54)(H,55,56)(H2,49,50,57). The number of nitrogens with one attached hydrogen (secondary N) is 4. The molecule has 18 heteroatoms. The molecule has 0 fully saturated rings. The molecule has 0 saturated heterocycles. The van der Waals surface area contributed by atoms with Crippen LogP contribution in [0, 0.1) is 11.6 Å². The van der Waals surface area contributed by atoms with Gasteiger partial charge in [0.15, 0.2) is 17.4 Å². The lowest BCUT2D eigenvalue weighted by molar-refractivity contribution is 0.0697. The Bertz CT molecular complexity index is 2950. The van der Waals surface area contributed by atoms with Crippen molar-refractivity contribution in [2.75, 3.05) is 18.4 Å². The fraction of sp³-hybridized carbons (Fsp3) is 0.250. The highest BCUT2D eigenvalue weighted by molar-refractivity contribution is 7.89. The van der Waals surface area contributed by atoms with E-state index in [1.807, 2.05) is 4.72 Å². The SMILES string of the molecule is O=C(Nc1c2c(cc3c1CCC3)CCC2)NS(=O)(=O)c1cc(C(=O)NCCCCCNC(=O)c2ccc(-c3c4cc(F)c(=O)cc-4oc4cc(O)c(F)cc34)c(C(=O)O)c2)co1. The molecular formula is C44H38F2N4O11S. The highest BCUT2D eigenvalue weighted by atomic mass is 32.2. The van der Waals surface area contributed by atoms with Gasteiger partial charge in [-0.2, -0.15) is 8.42 Å². The zero-order valence-electron chi connectivity index (χ0n) is 32.8. The first-order chi connectivity index (χ1) is 29.7. The number of amides is 4. The van der Waals surface area contributed by atoms with E-state index in [0.29, 0.717) is 24.9 Å². The van der Waals surface area contributed by atoms with E-state index in [1.165, 1.54) is 23.3 Å². The van der Waals surface area contributed by atoms with Crippen molar-refractivity contribution in [2.24, 2.45) is 0 Å². The molecule has 2 heterocycles. The summed E-state index contributed by atoms with van der Waals surface area (Å²) in [5.41, 5.74) is 3.43. The Morgan fingerprint density at radius 3 is 2.11 bits per heavy atom. The number of aromatic carboxylic acids is 1. The largest absolute Gasteiger partial charge is 0.505 e. The maximum atomic E-state index is 14.6. The molecule has 4 amide bonds. The molecule has 6 N–H and O–H groups in total. The molecular weight excluding hydrogens is 831 g/mol. The quantitative estimate of drug-likeness (QED) is 0.0531. The Morgan fingerprint density at radius 1 is 0.758 bits per heavy atom. The van der Waals surface area contributed by atoms with Crippen molar-refractivity contribution in [3.63, 3.8) is 0 Å². The molecule has 15 nitrogen and oxygen atoms in total. The number of rotatable bonds is 13. The summed E-state index contributed by atoms with van der Waals surface area (Å²) in [6, 6.07) is 9.58. The number of halogens is 2. The molecule has 1 aromatic heterocycles. The van der Waals surface area contributed by atoms with Gasteiger partial charge in [0, 0.05) is 59.1 Å². The summed E-state index contributed by atoms with van der Waals surface area (Å²) < 4.78 is 67.8.